The van der Waals surface area contributed by atoms with Gasteiger partial charge in [0.1, 0.15) is 11.6 Å². The summed E-state index contributed by atoms with van der Waals surface area (Å²) in [5.41, 5.74) is 0.315. The number of H-pyrrole nitrogens is 1. The Hall–Kier alpha value is -1.89. The van der Waals surface area contributed by atoms with Crippen molar-refractivity contribution >= 4 is 11.5 Å². The predicted octanol–water partition coefficient (Wildman–Crippen LogP) is 0.0880. The molecular weight excluding hydrogens is 232 g/mol. The zero-order chi connectivity index (χ0) is 13.3. The molecule has 0 bridgehead atoms. The van der Waals surface area contributed by atoms with Crippen molar-refractivity contribution in [2.75, 3.05) is 26.0 Å². The monoisotopic (exact) mass is 250 g/mol. The molecule has 98 valence electrons. The van der Waals surface area contributed by atoms with Gasteiger partial charge in [-0.15, -0.1) is 0 Å². The summed E-state index contributed by atoms with van der Waals surface area (Å²) in [5, 5.41) is 9.59. The summed E-state index contributed by atoms with van der Waals surface area (Å²) >= 11 is 0. The van der Waals surface area contributed by atoms with Gasteiger partial charge in [-0.25, -0.2) is 19.3 Å². The largest absolute Gasteiger partial charge is 0.368 e. The summed E-state index contributed by atoms with van der Waals surface area (Å²) in [4.78, 5) is 17.9. The average Bonchev–Trinajstić information content (AvgIpc) is 2.68. The lowest BCUT2D eigenvalue weighted by Gasteiger charge is -2.20. The van der Waals surface area contributed by atoms with Crippen LogP contribution in [0, 0.1) is 6.92 Å². The van der Waals surface area contributed by atoms with Crippen LogP contribution in [0.25, 0.3) is 5.65 Å². The van der Waals surface area contributed by atoms with E-state index in [2.05, 4.69) is 32.3 Å². The Morgan fingerprint density at radius 1 is 1.56 bits per heavy atom. The molecule has 2 N–H and O–H groups in total. The minimum atomic E-state index is -0.261. The van der Waals surface area contributed by atoms with Crippen LogP contribution in [-0.2, 0) is 0 Å². The normalized spacial score (nSPS) is 13.2. The predicted molar refractivity (Wildman–Crippen MR) is 70.0 cm³/mol. The Morgan fingerprint density at radius 3 is 2.94 bits per heavy atom. The van der Waals surface area contributed by atoms with Crippen molar-refractivity contribution in [1.82, 2.24) is 24.5 Å². The van der Waals surface area contributed by atoms with E-state index >= 15 is 0 Å². The van der Waals surface area contributed by atoms with Gasteiger partial charge in [-0.3, -0.25) is 0 Å². The third kappa shape index (κ3) is 2.35. The molecule has 1 unspecified atom stereocenters. The second kappa shape index (κ2) is 4.77. The molecule has 0 fully saturated rings. The molecule has 2 aromatic heterocycles. The van der Waals surface area contributed by atoms with Gasteiger partial charge < -0.3 is 10.2 Å². The number of hydrogen-bond donors (Lipinski definition) is 2. The first-order valence-electron chi connectivity index (χ1n) is 5.84. The van der Waals surface area contributed by atoms with Crippen molar-refractivity contribution < 1.29 is 0 Å². The summed E-state index contributed by atoms with van der Waals surface area (Å²) in [6.07, 6.45) is 0. The molecule has 2 rings (SSSR count). The molecule has 0 aliphatic heterocycles. The van der Waals surface area contributed by atoms with Gasteiger partial charge in [-0.1, -0.05) is 0 Å². The van der Waals surface area contributed by atoms with Crippen LogP contribution >= 0.6 is 0 Å². The quantitative estimate of drug-likeness (QED) is 0.804. The number of aromatic nitrogens is 4. The third-order valence-electron chi connectivity index (χ3n) is 3.03. The van der Waals surface area contributed by atoms with Gasteiger partial charge in [0.15, 0.2) is 5.65 Å². The zero-order valence-electron chi connectivity index (χ0n) is 11.1. The highest BCUT2D eigenvalue weighted by Crippen LogP contribution is 2.08. The van der Waals surface area contributed by atoms with E-state index in [4.69, 9.17) is 0 Å². The summed E-state index contributed by atoms with van der Waals surface area (Å²) in [6.45, 7) is 4.69. The fourth-order valence-corrected chi connectivity index (χ4v) is 1.62. The molecule has 7 nitrogen and oxygen atoms in total. The van der Waals surface area contributed by atoms with Crippen molar-refractivity contribution in [2.24, 2.45) is 0 Å². The van der Waals surface area contributed by atoms with Crippen LogP contribution in [0.5, 0.6) is 0 Å². The van der Waals surface area contributed by atoms with E-state index in [1.807, 2.05) is 14.1 Å². The molecule has 0 radical (unpaired) electrons. The van der Waals surface area contributed by atoms with E-state index in [9.17, 15) is 4.79 Å². The van der Waals surface area contributed by atoms with Gasteiger partial charge in [0.2, 0.25) is 0 Å². The number of hydrogen-bond acceptors (Lipinski definition) is 5. The molecule has 0 saturated carbocycles. The topological polar surface area (TPSA) is 78.3 Å². The zero-order valence-corrected chi connectivity index (χ0v) is 11.1. The smallest absolute Gasteiger partial charge is 0.349 e. The molecule has 0 aliphatic carbocycles. The highest BCUT2D eigenvalue weighted by molar-refractivity contribution is 5.49. The molecule has 1 atom stereocenters. The number of nitrogens with one attached hydrogen (secondary N) is 2. The molecule has 7 heteroatoms. The minimum Gasteiger partial charge on any atom is -0.368 e. The van der Waals surface area contributed by atoms with Crippen LogP contribution in [-0.4, -0.2) is 51.2 Å². The van der Waals surface area contributed by atoms with Gasteiger partial charge in [0.25, 0.3) is 0 Å². The first-order chi connectivity index (χ1) is 8.49. The number of aromatic amines is 1. The molecular formula is C11H18N6O. The highest BCUT2D eigenvalue weighted by Gasteiger charge is 2.08. The lowest BCUT2D eigenvalue weighted by Crippen LogP contribution is -2.31. The van der Waals surface area contributed by atoms with E-state index in [0.717, 1.165) is 12.4 Å². The first kappa shape index (κ1) is 12.6. The molecule has 0 spiro atoms. The second-order valence-corrected chi connectivity index (χ2v) is 4.60. The lowest BCUT2D eigenvalue weighted by molar-refractivity contribution is 0.326. The second-order valence-electron chi connectivity index (χ2n) is 4.60. The summed E-state index contributed by atoms with van der Waals surface area (Å²) < 4.78 is 1.44. The molecule has 2 heterocycles. The van der Waals surface area contributed by atoms with E-state index < -0.39 is 0 Å². The molecule has 18 heavy (non-hydrogen) atoms. The van der Waals surface area contributed by atoms with Crippen LogP contribution < -0.4 is 11.0 Å². The standard InChI is InChI=1S/C11H18N6O/c1-7(16(3)4)6-12-9-5-10-14-15-11(18)17(10)8(2)13-9/h5,7,12H,6H2,1-4H3,(H,15,18). The molecule has 0 aliphatic rings. The maximum atomic E-state index is 11.4. The maximum Gasteiger partial charge on any atom is 0.349 e. The van der Waals surface area contributed by atoms with Crippen molar-refractivity contribution in [2.45, 2.75) is 19.9 Å². The highest BCUT2D eigenvalue weighted by atomic mass is 16.1. The van der Waals surface area contributed by atoms with Crippen LogP contribution in [0.3, 0.4) is 0 Å². The molecule has 0 aromatic carbocycles. The summed E-state index contributed by atoms with van der Waals surface area (Å²) in [5.74, 6) is 1.35. The van der Waals surface area contributed by atoms with Crippen molar-refractivity contribution in [1.29, 1.82) is 0 Å². The van der Waals surface area contributed by atoms with Gasteiger partial charge in [-0.2, -0.15) is 5.10 Å². The Balaban J connectivity index is 2.22. The van der Waals surface area contributed by atoms with Crippen molar-refractivity contribution in [3.05, 3.63) is 22.4 Å². The minimum absolute atomic E-state index is 0.261. The lowest BCUT2D eigenvalue weighted by atomic mass is 10.3. The van der Waals surface area contributed by atoms with E-state index in [0.29, 0.717) is 17.5 Å². The molecule has 0 amide bonds. The SMILES string of the molecule is Cc1nc(NCC(C)N(C)C)cc2n[nH]c(=O)n12. The summed E-state index contributed by atoms with van der Waals surface area (Å²) in [6, 6.07) is 2.15. The average molecular weight is 250 g/mol. The third-order valence-corrected chi connectivity index (χ3v) is 3.03. The fourth-order valence-electron chi connectivity index (χ4n) is 1.62. The Kier molecular flexibility index (Phi) is 3.33. The van der Waals surface area contributed by atoms with Gasteiger partial charge in [-0.05, 0) is 27.9 Å². The Morgan fingerprint density at radius 2 is 2.28 bits per heavy atom. The number of aryl methyl sites for hydroxylation is 1. The first-order valence-corrected chi connectivity index (χ1v) is 5.84. The van der Waals surface area contributed by atoms with Crippen LogP contribution in [0.2, 0.25) is 0 Å². The van der Waals surface area contributed by atoms with Crippen LogP contribution in [0.15, 0.2) is 10.9 Å². The fraction of sp³-hybridized carbons (Fsp3) is 0.545. The number of anilines is 1. The molecule has 2 aromatic rings. The number of nitrogens with zero attached hydrogens (tertiary/aromatic N) is 4. The van der Waals surface area contributed by atoms with Crippen molar-refractivity contribution in [3.8, 4) is 0 Å². The Bertz CT molecular complexity index is 599. The van der Waals surface area contributed by atoms with Crippen LogP contribution in [0.1, 0.15) is 12.7 Å². The van der Waals surface area contributed by atoms with Gasteiger partial charge in [0.05, 0.1) is 0 Å². The van der Waals surface area contributed by atoms with Crippen LogP contribution in [0.4, 0.5) is 5.82 Å². The Labute approximate surface area is 105 Å². The van der Waals surface area contributed by atoms with E-state index in [-0.39, 0.29) is 5.69 Å². The molecule has 0 saturated heterocycles. The summed E-state index contributed by atoms with van der Waals surface area (Å²) in [7, 11) is 4.06. The number of rotatable bonds is 4. The number of fused-ring (bicyclic) bond motifs is 1. The maximum absolute atomic E-state index is 11.4. The number of likely N-dealkylation sites (N-methyl/N-ethyl adjacent to an activating group) is 1. The van der Waals surface area contributed by atoms with E-state index in [1.165, 1.54) is 4.40 Å². The van der Waals surface area contributed by atoms with E-state index in [1.54, 1.807) is 13.0 Å². The van der Waals surface area contributed by atoms with Gasteiger partial charge >= 0.3 is 5.69 Å². The van der Waals surface area contributed by atoms with Crippen molar-refractivity contribution in [3.63, 3.8) is 0 Å². The van der Waals surface area contributed by atoms with Gasteiger partial charge in [0, 0.05) is 18.7 Å².